The predicted octanol–water partition coefficient (Wildman–Crippen LogP) is 4.50. The summed E-state index contributed by atoms with van der Waals surface area (Å²) < 4.78 is 34.3. The fourth-order valence-corrected chi connectivity index (χ4v) is 6.10. The molecule has 0 unspecified atom stereocenters. The number of halogens is 3. The van der Waals surface area contributed by atoms with Crippen LogP contribution in [0.4, 0.5) is 20.5 Å². The van der Waals surface area contributed by atoms with E-state index in [1.54, 1.807) is 41.2 Å². The molecular weight excluding hydrogens is 498 g/mol. The van der Waals surface area contributed by atoms with Crippen molar-refractivity contribution in [1.29, 1.82) is 0 Å². The van der Waals surface area contributed by atoms with Crippen LogP contribution in [0.25, 0.3) is 10.6 Å². The standard InChI is InChI=1S/C23H17ClF2N6O2S/c1-31-16(5-7-28-31)30-22-27-6-4-15(29-22)19-18(24)17-20(35-19)23(10-34-11-23)32(21(17)33)9-12-2-3-13(25)14(26)8-12/h2-8H,9-11H2,1H3,(H,27,29,30). The number of aromatic nitrogens is 4. The van der Waals surface area contributed by atoms with Gasteiger partial charge in [-0.2, -0.15) is 5.10 Å². The Balaban J connectivity index is 1.35. The predicted molar refractivity (Wildman–Crippen MR) is 126 cm³/mol. The highest BCUT2D eigenvalue weighted by molar-refractivity contribution is 7.17. The first-order chi connectivity index (χ1) is 16.9. The Morgan fingerprint density at radius 2 is 2.03 bits per heavy atom. The summed E-state index contributed by atoms with van der Waals surface area (Å²) in [5, 5.41) is 7.53. The van der Waals surface area contributed by atoms with Crippen molar-refractivity contribution in [1.82, 2.24) is 24.6 Å². The molecule has 178 valence electrons. The van der Waals surface area contributed by atoms with Crippen molar-refractivity contribution in [3.8, 4) is 10.6 Å². The topological polar surface area (TPSA) is 85.2 Å². The third-order valence-electron chi connectivity index (χ3n) is 6.20. The van der Waals surface area contributed by atoms with Crippen LogP contribution in [0.5, 0.6) is 0 Å². The molecule has 2 aliphatic rings. The monoisotopic (exact) mass is 514 g/mol. The zero-order chi connectivity index (χ0) is 24.3. The average molecular weight is 515 g/mol. The first kappa shape index (κ1) is 22.1. The number of ether oxygens (including phenoxy) is 1. The third kappa shape index (κ3) is 3.41. The molecule has 1 amide bonds. The Morgan fingerprint density at radius 1 is 1.20 bits per heavy atom. The Bertz CT molecular complexity index is 1480. The zero-order valence-electron chi connectivity index (χ0n) is 18.3. The molecule has 12 heteroatoms. The lowest BCUT2D eigenvalue weighted by Gasteiger charge is -2.45. The number of hydrogen-bond acceptors (Lipinski definition) is 7. The molecule has 1 spiro atoms. The number of rotatable bonds is 5. The molecule has 0 bridgehead atoms. The number of anilines is 2. The minimum atomic E-state index is -0.956. The molecule has 6 rings (SSSR count). The van der Waals surface area contributed by atoms with Crippen molar-refractivity contribution >= 4 is 40.6 Å². The number of aryl methyl sites for hydroxylation is 1. The van der Waals surface area contributed by atoms with Gasteiger partial charge in [0.25, 0.3) is 5.91 Å². The van der Waals surface area contributed by atoms with Crippen LogP contribution in [-0.2, 0) is 23.9 Å². The smallest absolute Gasteiger partial charge is 0.257 e. The summed E-state index contributed by atoms with van der Waals surface area (Å²) in [6, 6.07) is 7.16. The summed E-state index contributed by atoms with van der Waals surface area (Å²) >= 11 is 8.14. The second-order valence-corrected chi connectivity index (χ2v) is 9.74. The minimum absolute atomic E-state index is 0.110. The van der Waals surface area contributed by atoms with E-state index in [1.165, 1.54) is 17.4 Å². The van der Waals surface area contributed by atoms with Crippen LogP contribution in [0.2, 0.25) is 5.02 Å². The Hall–Kier alpha value is -3.41. The van der Waals surface area contributed by atoms with Crippen LogP contribution in [0.1, 0.15) is 20.8 Å². The molecule has 1 aromatic carbocycles. The fraction of sp³-hybridized carbons (Fsp3) is 0.217. The maximum absolute atomic E-state index is 13.8. The lowest BCUT2D eigenvalue weighted by molar-refractivity contribution is -0.126. The van der Waals surface area contributed by atoms with E-state index in [9.17, 15) is 13.6 Å². The molecule has 0 atom stereocenters. The van der Waals surface area contributed by atoms with Crippen LogP contribution < -0.4 is 5.32 Å². The van der Waals surface area contributed by atoms with Gasteiger partial charge in [0, 0.05) is 25.9 Å². The average Bonchev–Trinajstić information content (AvgIpc) is 3.44. The van der Waals surface area contributed by atoms with E-state index in [-0.39, 0.29) is 12.5 Å². The van der Waals surface area contributed by atoms with Crippen LogP contribution in [-0.4, -0.2) is 43.8 Å². The largest absolute Gasteiger partial charge is 0.376 e. The van der Waals surface area contributed by atoms with Gasteiger partial charge in [0.15, 0.2) is 11.6 Å². The van der Waals surface area contributed by atoms with Crippen molar-refractivity contribution in [3.05, 3.63) is 75.4 Å². The van der Waals surface area contributed by atoms with Gasteiger partial charge in [0.2, 0.25) is 5.95 Å². The number of carbonyl (C=O) groups excluding carboxylic acids is 1. The summed E-state index contributed by atoms with van der Waals surface area (Å²) in [6.07, 6.45) is 3.27. The Morgan fingerprint density at radius 3 is 2.71 bits per heavy atom. The minimum Gasteiger partial charge on any atom is -0.376 e. The number of hydrogen-bond donors (Lipinski definition) is 1. The molecule has 8 nitrogen and oxygen atoms in total. The molecular formula is C23H17ClF2N6O2S. The van der Waals surface area contributed by atoms with Gasteiger partial charge in [-0.1, -0.05) is 17.7 Å². The lowest BCUT2D eigenvalue weighted by Crippen LogP contribution is -2.56. The van der Waals surface area contributed by atoms with Gasteiger partial charge in [0.05, 0.1) is 45.4 Å². The molecule has 5 heterocycles. The maximum Gasteiger partial charge on any atom is 0.257 e. The Labute approximate surface area is 207 Å². The summed E-state index contributed by atoms with van der Waals surface area (Å²) in [5.74, 6) is -1.08. The quantitative estimate of drug-likeness (QED) is 0.422. The molecule has 0 radical (unpaired) electrons. The van der Waals surface area contributed by atoms with E-state index in [1.807, 2.05) is 0 Å². The first-order valence-corrected chi connectivity index (χ1v) is 11.8. The van der Waals surface area contributed by atoms with E-state index in [0.29, 0.717) is 45.9 Å². The number of carbonyl (C=O) groups is 1. The zero-order valence-corrected chi connectivity index (χ0v) is 19.8. The molecule has 0 saturated carbocycles. The van der Waals surface area contributed by atoms with Gasteiger partial charge in [-0.3, -0.25) is 9.48 Å². The van der Waals surface area contributed by atoms with Crippen LogP contribution in [0, 0.1) is 11.6 Å². The third-order valence-corrected chi connectivity index (χ3v) is 8.10. The summed E-state index contributed by atoms with van der Waals surface area (Å²) in [4.78, 5) is 25.4. The number of amides is 1. The second kappa shape index (κ2) is 8.08. The summed E-state index contributed by atoms with van der Waals surface area (Å²) in [5.41, 5.74) is 0.755. The van der Waals surface area contributed by atoms with Crippen LogP contribution in [0.15, 0.2) is 42.7 Å². The second-order valence-electron chi connectivity index (χ2n) is 8.34. The number of nitrogens with one attached hydrogen (secondary N) is 1. The van der Waals surface area contributed by atoms with Crippen molar-refractivity contribution < 1.29 is 18.3 Å². The fourth-order valence-electron chi connectivity index (χ4n) is 4.33. The molecule has 4 aromatic rings. The molecule has 0 aliphatic carbocycles. The van der Waals surface area contributed by atoms with E-state index < -0.39 is 17.2 Å². The van der Waals surface area contributed by atoms with Crippen LogP contribution in [0.3, 0.4) is 0 Å². The van der Waals surface area contributed by atoms with E-state index in [2.05, 4.69) is 20.4 Å². The summed E-state index contributed by atoms with van der Waals surface area (Å²) in [7, 11) is 1.80. The van der Waals surface area contributed by atoms with Gasteiger partial charge in [-0.05, 0) is 23.8 Å². The van der Waals surface area contributed by atoms with Crippen molar-refractivity contribution in [2.75, 3.05) is 18.5 Å². The highest BCUT2D eigenvalue weighted by Crippen LogP contribution is 2.54. The SMILES string of the molecule is Cn1nccc1Nc1nccc(-c2sc3c(c2Cl)C(=O)N(Cc2ccc(F)c(F)c2)C32COC2)n1. The molecule has 1 saturated heterocycles. The molecule has 2 aliphatic heterocycles. The van der Waals surface area contributed by atoms with Crippen molar-refractivity contribution in [3.63, 3.8) is 0 Å². The van der Waals surface area contributed by atoms with Gasteiger partial charge in [-0.25, -0.2) is 18.7 Å². The highest BCUT2D eigenvalue weighted by atomic mass is 35.5. The first-order valence-electron chi connectivity index (χ1n) is 10.6. The molecule has 35 heavy (non-hydrogen) atoms. The normalized spacial score (nSPS) is 16.0. The highest BCUT2D eigenvalue weighted by Gasteiger charge is 2.57. The Kier molecular flexibility index (Phi) is 5.09. The van der Waals surface area contributed by atoms with Crippen LogP contribution >= 0.6 is 22.9 Å². The van der Waals surface area contributed by atoms with Gasteiger partial charge in [-0.15, -0.1) is 11.3 Å². The van der Waals surface area contributed by atoms with E-state index >= 15 is 0 Å². The summed E-state index contributed by atoms with van der Waals surface area (Å²) in [6.45, 7) is 0.699. The lowest BCUT2D eigenvalue weighted by atomic mass is 9.94. The van der Waals surface area contributed by atoms with Gasteiger partial charge in [0.1, 0.15) is 11.4 Å². The molecule has 1 N–H and O–H groups in total. The number of benzene rings is 1. The number of nitrogens with zero attached hydrogens (tertiary/aromatic N) is 5. The van der Waals surface area contributed by atoms with Crippen molar-refractivity contribution in [2.24, 2.45) is 7.05 Å². The van der Waals surface area contributed by atoms with Crippen molar-refractivity contribution in [2.45, 2.75) is 12.1 Å². The van der Waals surface area contributed by atoms with Gasteiger partial charge < -0.3 is 15.0 Å². The number of thiophene rings is 1. The molecule has 1 fully saturated rings. The molecule has 3 aromatic heterocycles. The van der Waals surface area contributed by atoms with Gasteiger partial charge >= 0.3 is 0 Å². The van der Waals surface area contributed by atoms with E-state index in [0.717, 1.165) is 22.8 Å². The van der Waals surface area contributed by atoms with E-state index in [4.69, 9.17) is 16.3 Å². The number of fused-ring (bicyclic) bond motifs is 2. The maximum atomic E-state index is 13.8.